The smallest absolute Gasteiger partial charge is 0.338 e. The summed E-state index contributed by atoms with van der Waals surface area (Å²) in [6, 6.07) is 11.1. The number of carbonyl (C=O) groups excluding carboxylic acids is 2. The number of rotatable bonds is 7. The maximum atomic E-state index is 12.3. The molecule has 0 saturated carbocycles. The maximum Gasteiger partial charge on any atom is 0.338 e. The van der Waals surface area contributed by atoms with Gasteiger partial charge in [-0.25, -0.2) is 4.79 Å². The zero-order valence-electron chi connectivity index (χ0n) is 13.6. The molecule has 1 N–H and O–H groups in total. The van der Waals surface area contributed by atoms with Crippen LogP contribution in [0.4, 0.5) is 5.69 Å². The molecule has 2 rings (SSSR count). The minimum absolute atomic E-state index is 0.170. The fraction of sp³-hybridized carbons (Fsp3) is 0.222. The van der Waals surface area contributed by atoms with E-state index >= 15 is 0 Å². The molecule has 5 nitrogen and oxygen atoms in total. The molecule has 0 unspecified atom stereocenters. The van der Waals surface area contributed by atoms with Gasteiger partial charge >= 0.3 is 5.97 Å². The zero-order valence-corrected chi connectivity index (χ0v) is 15.1. The second-order valence-corrected chi connectivity index (χ2v) is 5.84. The Morgan fingerprint density at radius 3 is 2.60 bits per heavy atom. The van der Waals surface area contributed by atoms with E-state index in [-0.39, 0.29) is 17.2 Å². The van der Waals surface area contributed by atoms with E-state index in [2.05, 4.69) is 5.32 Å². The predicted octanol–water partition coefficient (Wildman–Crippen LogP) is 4.44. The number of benzene rings is 2. The molecule has 25 heavy (non-hydrogen) atoms. The summed E-state index contributed by atoms with van der Waals surface area (Å²) in [4.78, 5) is 24.3. The molecule has 0 aliphatic heterocycles. The van der Waals surface area contributed by atoms with Gasteiger partial charge in [-0.3, -0.25) is 4.79 Å². The van der Waals surface area contributed by atoms with E-state index in [9.17, 15) is 9.59 Å². The van der Waals surface area contributed by atoms with Gasteiger partial charge < -0.3 is 14.8 Å². The molecule has 0 aliphatic carbocycles. The van der Waals surface area contributed by atoms with Crippen molar-refractivity contribution in [1.82, 2.24) is 0 Å². The number of hydrogen-bond donors (Lipinski definition) is 1. The Hall–Kier alpha value is -2.08. The minimum Gasteiger partial charge on any atom is -0.460 e. The number of esters is 1. The average Bonchev–Trinajstić information content (AvgIpc) is 2.58. The summed E-state index contributed by atoms with van der Waals surface area (Å²) in [5.74, 6) is -0.885. The van der Waals surface area contributed by atoms with Gasteiger partial charge in [0, 0.05) is 17.3 Å². The van der Waals surface area contributed by atoms with E-state index in [0.717, 1.165) is 0 Å². The molecule has 7 heteroatoms. The van der Waals surface area contributed by atoms with Crippen LogP contribution < -0.4 is 5.32 Å². The molecule has 2 aromatic carbocycles. The summed E-state index contributed by atoms with van der Waals surface area (Å²) < 4.78 is 10.2. The van der Waals surface area contributed by atoms with Crippen LogP contribution in [0.2, 0.25) is 10.0 Å². The number of ether oxygens (including phenoxy) is 2. The lowest BCUT2D eigenvalue weighted by molar-refractivity contribution is 0.0335. The molecule has 0 aromatic heterocycles. The lowest BCUT2D eigenvalue weighted by atomic mass is 10.1. The Morgan fingerprint density at radius 2 is 1.88 bits per heavy atom. The number of amides is 1. The highest BCUT2D eigenvalue weighted by Gasteiger charge is 2.13. The van der Waals surface area contributed by atoms with Crippen molar-refractivity contribution >= 4 is 40.8 Å². The third-order valence-electron chi connectivity index (χ3n) is 3.20. The van der Waals surface area contributed by atoms with Gasteiger partial charge in [-0.05, 0) is 43.3 Å². The van der Waals surface area contributed by atoms with E-state index in [0.29, 0.717) is 29.5 Å². The lowest BCUT2D eigenvalue weighted by Gasteiger charge is -2.09. The van der Waals surface area contributed by atoms with Crippen LogP contribution in [-0.4, -0.2) is 31.7 Å². The highest BCUT2D eigenvalue weighted by Crippen LogP contribution is 2.22. The normalized spacial score (nSPS) is 10.4. The Balaban J connectivity index is 2.03. The van der Waals surface area contributed by atoms with Crippen LogP contribution in [-0.2, 0) is 9.47 Å². The third-order valence-corrected chi connectivity index (χ3v) is 3.74. The van der Waals surface area contributed by atoms with Crippen LogP contribution in [0.5, 0.6) is 0 Å². The Kier molecular flexibility index (Phi) is 7.25. The summed E-state index contributed by atoms with van der Waals surface area (Å²) in [6.07, 6.45) is 0. The first-order chi connectivity index (χ1) is 12.0. The molecule has 0 saturated heterocycles. The quantitative estimate of drug-likeness (QED) is 0.568. The highest BCUT2D eigenvalue weighted by atomic mass is 35.5. The molecular weight excluding hydrogens is 365 g/mol. The average molecular weight is 382 g/mol. The molecule has 1 amide bonds. The van der Waals surface area contributed by atoms with Crippen molar-refractivity contribution in [2.24, 2.45) is 0 Å². The number of hydrogen-bond acceptors (Lipinski definition) is 4. The van der Waals surface area contributed by atoms with Crippen molar-refractivity contribution in [3.63, 3.8) is 0 Å². The van der Waals surface area contributed by atoms with E-state index in [1.165, 1.54) is 18.2 Å². The first kappa shape index (κ1) is 19.2. The SMILES string of the molecule is CCOCCOC(=O)c1cccc(NC(=O)c2ccc(Cl)cc2Cl)c1. The Morgan fingerprint density at radius 1 is 1.08 bits per heavy atom. The summed E-state index contributed by atoms with van der Waals surface area (Å²) in [7, 11) is 0. The van der Waals surface area contributed by atoms with Crippen LogP contribution in [0.3, 0.4) is 0 Å². The summed E-state index contributed by atoms with van der Waals surface area (Å²) in [6.45, 7) is 2.94. The first-order valence-corrected chi connectivity index (χ1v) is 8.38. The van der Waals surface area contributed by atoms with E-state index in [1.807, 2.05) is 6.92 Å². The zero-order chi connectivity index (χ0) is 18.2. The number of anilines is 1. The van der Waals surface area contributed by atoms with Crippen molar-refractivity contribution in [3.05, 3.63) is 63.6 Å². The number of nitrogens with one attached hydrogen (secondary N) is 1. The number of halogens is 2. The summed E-state index contributed by atoms with van der Waals surface area (Å²) in [5, 5.41) is 3.38. The molecule has 0 atom stereocenters. The van der Waals surface area contributed by atoms with Crippen molar-refractivity contribution in [2.75, 3.05) is 25.1 Å². The molecule has 2 aromatic rings. The van der Waals surface area contributed by atoms with E-state index < -0.39 is 11.9 Å². The van der Waals surface area contributed by atoms with Crippen LogP contribution in [0.15, 0.2) is 42.5 Å². The van der Waals surface area contributed by atoms with Crippen molar-refractivity contribution in [3.8, 4) is 0 Å². The topological polar surface area (TPSA) is 64.6 Å². The van der Waals surface area contributed by atoms with Gasteiger partial charge in [-0.1, -0.05) is 29.3 Å². The second kappa shape index (κ2) is 9.42. The van der Waals surface area contributed by atoms with Gasteiger partial charge in [-0.15, -0.1) is 0 Å². The highest BCUT2D eigenvalue weighted by molar-refractivity contribution is 6.37. The van der Waals surface area contributed by atoms with Crippen molar-refractivity contribution in [1.29, 1.82) is 0 Å². The standard InChI is InChI=1S/C18H17Cl2NO4/c1-2-24-8-9-25-18(23)12-4-3-5-14(10-12)21-17(22)15-7-6-13(19)11-16(15)20/h3-7,10-11H,2,8-9H2,1H3,(H,21,22). The monoisotopic (exact) mass is 381 g/mol. The first-order valence-electron chi connectivity index (χ1n) is 7.62. The Labute approximate surface area is 155 Å². The molecule has 0 radical (unpaired) electrons. The van der Waals surface area contributed by atoms with Crippen LogP contribution in [0, 0.1) is 0 Å². The Bertz CT molecular complexity index is 764. The van der Waals surface area contributed by atoms with Crippen LogP contribution in [0.25, 0.3) is 0 Å². The molecule has 0 spiro atoms. The maximum absolute atomic E-state index is 12.3. The second-order valence-electron chi connectivity index (χ2n) is 4.99. The van der Waals surface area contributed by atoms with Gasteiger partial charge in [-0.2, -0.15) is 0 Å². The summed E-state index contributed by atoms with van der Waals surface area (Å²) in [5.41, 5.74) is 1.07. The molecule has 0 bridgehead atoms. The molecule has 132 valence electrons. The lowest BCUT2D eigenvalue weighted by Crippen LogP contribution is -2.14. The molecule has 0 aliphatic rings. The third kappa shape index (κ3) is 5.74. The summed E-state index contributed by atoms with van der Waals surface area (Å²) >= 11 is 11.8. The fourth-order valence-electron chi connectivity index (χ4n) is 2.02. The minimum atomic E-state index is -0.486. The van der Waals surface area contributed by atoms with E-state index in [4.69, 9.17) is 32.7 Å². The van der Waals surface area contributed by atoms with Crippen molar-refractivity contribution < 1.29 is 19.1 Å². The van der Waals surface area contributed by atoms with Crippen LogP contribution >= 0.6 is 23.2 Å². The van der Waals surface area contributed by atoms with Crippen LogP contribution in [0.1, 0.15) is 27.6 Å². The number of carbonyl (C=O) groups is 2. The van der Waals surface area contributed by atoms with Gasteiger partial charge in [0.05, 0.1) is 22.8 Å². The van der Waals surface area contributed by atoms with E-state index in [1.54, 1.807) is 24.3 Å². The largest absolute Gasteiger partial charge is 0.460 e. The molecule has 0 heterocycles. The fourth-order valence-corrected chi connectivity index (χ4v) is 2.51. The van der Waals surface area contributed by atoms with Gasteiger partial charge in [0.2, 0.25) is 0 Å². The predicted molar refractivity (Wildman–Crippen MR) is 97.6 cm³/mol. The molecule has 0 fully saturated rings. The molecular formula is C18H17Cl2NO4. The van der Waals surface area contributed by atoms with Gasteiger partial charge in [0.15, 0.2) is 0 Å². The van der Waals surface area contributed by atoms with Gasteiger partial charge in [0.1, 0.15) is 6.61 Å². The van der Waals surface area contributed by atoms with Gasteiger partial charge in [0.25, 0.3) is 5.91 Å². The van der Waals surface area contributed by atoms with Crippen molar-refractivity contribution in [2.45, 2.75) is 6.92 Å².